The predicted octanol–water partition coefficient (Wildman–Crippen LogP) is 2.48. The number of esters is 1. The summed E-state index contributed by atoms with van der Waals surface area (Å²) in [5.41, 5.74) is 5.47. The van der Waals surface area contributed by atoms with E-state index in [1.54, 1.807) is 0 Å². The van der Waals surface area contributed by atoms with Gasteiger partial charge in [-0.05, 0) is 35.0 Å². The van der Waals surface area contributed by atoms with Gasteiger partial charge in [0.05, 0.1) is 23.0 Å². The van der Waals surface area contributed by atoms with Gasteiger partial charge in [0.25, 0.3) is 0 Å². The van der Waals surface area contributed by atoms with Crippen LogP contribution in [0, 0.1) is 5.82 Å². The summed E-state index contributed by atoms with van der Waals surface area (Å²) in [5, 5.41) is 2.53. The summed E-state index contributed by atoms with van der Waals surface area (Å²) in [5.74, 6) is -1.46. The van der Waals surface area contributed by atoms with Crippen molar-refractivity contribution in [3.05, 3.63) is 22.4 Å². The first kappa shape index (κ1) is 14.7. The van der Waals surface area contributed by atoms with E-state index in [2.05, 4.69) is 26.0 Å². The Balaban J connectivity index is 3.02. The molecule has 0 fully saturated rings. The molecule has 0 aromatic heterocycles. The van der Waals surface area contributed by atoms with E-state index in [0.29, 0.717) is 0 Å². The second-order valence-corrected chi connectivity index (χ2v) is 4.50. The van der Waals surface area contributed by atoms with Crippen LogP contribution in [0.15, 0.2) is 16.6 Å². The van der Waals surface area contributed by atoms with Crippen molar-refractivity contribution >= 4 is 33.3 Å². The number of hydrogen-bond acceptors (Lipinski definition) is 4. The minimum absolute atomic E-state index is 0.135. The molecule has 1 aromatic carbocycles. The van der Waals surface area contributed by atoms with E-state index in [1.165, 1.54) is 19.1 Å². The molecule has 0 spiro atoms. The number of nitrogen functional groups attached to an aromatic ring is 1. The van der Waals surface area contributed by atoms with Gasteiger partial charge < -0.3 is 15.8 Å². The molecule has 7 heteroatoms. The largest absolute Gasteiger partial charge is 0.467 e. The Labute approximate surface area is 112 Å². The first-order valence-electron chi connectivity index (χ1n) is 5.10. The number of nitrogens with one attached hydrogen (secondary N) is 1. The SMILES string of the molecule is COC(=O)C(Nc1ccc(Br)c(F)c1N)C(C)F. The maximum atomic E-state index is 13.5. The van der Waals surface area contributed by atoms with Crippen molar-refractivity contribution in [2.45, 2.75) is 19.1 Å². The average Bonchev–Trinajstić information content (AvgIpc) is 2.34. The summed E-state index contributed by atoms with van der Waals surface area (Å²) < 4.78 is 31.4. The van der Waals surface area contributed by atoms with E-state index >= 15 is 0 Å². The Hall–Kier alpha value is -1.37. The number of ether oxygens (including phenoxy) is 1. The Morgan fingerprint density at radius 1 is 1.56 bits per heavy atom. The summed E-state index contributed by atoms with van der Waals surface area (Å²) in [6.07, 6.45) is -1.51. The van der Waals surface area contributed by atoms with Gasteiger partial charge in [-0.1, -0.05) is 0 Å². The van der Waals surface area contributed by atoms with Crippen LogP contribution >= 0.6 is 15.9 Å². The molecule has 0 aliphatic carbocycles. The van der Waals surface area contributed by atoms with Crippen molar-refractivity contribution in [3.8, 4) is 0 Å². The molecule has 2 atom stereocenters. The molecule has 0 aliphatic rings. The molecular weight excluding hydrogens is 310 g/mol. The van der Waals surface area contributed by atoms with Crippen LogP contribution in [0.5, 0.6) is 0 Å². The standard InChI is InChI=1S/C11H13BrF2N2O2/c1-5(13)10(11(17)18-2)16-7-4-3-6(12)8(14)9(7)15/h3-5,10,16H,15H2,1-2H3. The first-order valence-corrected chi connectivity index (χ1v) is 5.89. The summed E-state index contributed by atoms with van der Waals surface area (Å²) in [6.45, 7) is 1.19. The molecule has 2 unspecified atom stereocenters. The molecule has 0 radical (unpaired) electrons. The van der Waals surface area contributed by atoms with Crippen LogP contribution < -0.4 is 11.1 Å². The van der Waals surface area contributed by atoms with Crippen LogP contribution in [0.3, 0.4) is 0 Å². The third-order valence-electron chi connectivity index (χ3n) is 2.36. The molecule has 18 heavy (non-hydrogen) atoms. The molecule has 4 nitrogen and oxygen atoms in total. The van der Waals surface area contributed by atoms with E-state index in [-0.39, 0.29) is 15.8 Å². The molecule has 0 aliphatic heterocycles. The summed E-state index contributed by atoms with van der Waals surface area (Å²) in [7, 11) is 1.14. The van der Waals surface area contributed by atoms with Gasteiger partial charge in [0.15, 0.2) is 11.9 Å². The predicted molar refractivity (Wildman–Crippen MR) is 68.5 cm³/mol. The maximum absolute atomic E-state index is 13.5. The number of methoxy groups -OCH3 is 1. The quantitative estimate of drug-likeness (QED) is 0.660. The number of alkyl halides is 1. The summed E-state index contributed by atoms with van der Waals surface area (Å²) in [4.78, 5) is 11.4. The van der Waals surface area contributed by atoms with E-state index in [9.17, 15) is 13.6 Å². The molecule has 0 saturated heterocycles. The molecular formula is C11H13BrF2N2O2. The number of halogens is 3. The second kappa shape index (κ2) is 5.99. The fourth-order valence-electron chi connectivity index (χ4n) is 1.35. The molecule has 3 N–H and O–H groups in total. The average molecular weight is 323 g/mol. The van der Waals surface area contributed by atoms with E-state index < -0.39 is 24.0 Å². The molecule has 100 valence electrons. The fourth-order valence-corrected chi connectivity index (χ4v) is 1.69. The number of hydrogen-bond donors (Lipinski definition) is 2. The van der Waals surface area contributed by atoms with Crippen molar-refractivity contribution in [3.63, 3.8) is 0 Å². The third-order valence-corrected chi connectivity index (χ3v) is 2.97. The molecule has 0 saturated carbocycles. The van der Waals surface area contributed by atoms with Crippen LogP contribution in [0.4, 0.5) is 20.2 Å². The lowest BCUT2D eigenvalue weighted by Crippen LogP contribution is -2.38. The third kappa shape index (κ3) is 3.10. The second-order valence-electron chi connectivity index (χ2n) is 3.65. The lowest BCUT2D eigenvalue weighted by molar-refractivity contribution is -0.142. The lowest BCUT2D eigenvalue weighted by Gasteiger charge is -2.20. The molecule has 0 bridgehead atoms. The zero-order valence-corrected chi connectivity index (χ0v) is 11.4. The zero-order valence-electron chi connectivity index (χ0n) is 9.84. The number of nitrogens with two attached hydrogens (primary N) is 1. The smallest absolute Gasteiger partial charge is 0.331 e. The number of anilines is 2. The number of benzene rings is 1. The van der Waals surface area contributed by atoms with Crippen LogP contribution in [0.1, 0.15) is 6.92 Å². The number of carbonyl (C=O) groups is 1. The molecule has 0 heterocycles. The van der Waals surface area contributed by atoms with E-state index in [4.69, 9.17) is 5.73 Å². The number of rotatable bonds is 4. The van der Waals surface area contributed by atoms with Gasteiger partial charge >= 0.3 is 5.97 Å². The monoisotopic (exact) mass is 322 g/mol. The van der Waals surface area contributed by atoms with E-state index in [0.717, 1.165) is 7.11 Å². The highest BCUT2D eigenvalue weighted by Crippen LogP contribution is 2.29. The Bertz CT molecular complexity index is 455. The fraction of sp³-hybridized carbons (Fsp3) is 0.364. The molecule has 1 aromatic rings. The Morgan fingerprint density at radius 2 is 2.17 bits per heavy atom. The Morgan fingerprint density at radius 3 is 2.67 bits per heavy atom. The van der Waals surface area contributed by atoms with Crippen molar-refractivity contribution < 1.29 is 18.3 Å². The maximum Gasteiger partial charge on any atom is 0.331 e. The summed E-state index contributed by atoms with van der Waals surface area (Å²) >= 11 is 2.97. The first-order chi connectivity index (χ1) is 8.38. The van der Waals surface area contributed by atoms with Gasteiger partial charge in [-0.15, -0.1) is 0 Å². The van der Waals surface area contributed by atoms with Crippen molar-refractivity contribution in [1.29, 1.82) is 0 Å². The van der Waals surface area contributed by atoms with Crippen LogP contribution in [0.2, 0.25) is 0 Å². The minimum atomic E-state index is -1.51. The van der Waals surface area contributed by atoms with Gasteiger partial charge in [-0.25, -0.2) is 13.6 Å². The topological polar surface area (TPSA) is 64.3 Å². The normalized spacial score (nSPS) is 13.8. The van der Waals surface area contributed by atoms with Gasteiger partial charge in [0.1, 0.15) is 6.17 Å². The van der Waals surface area contributed by atoms with Crippen LogP contribution in [0.25, 0.3) is 0 Å². The lowest BCUT2D eigenvalue weighted by atomic mass is 10.1. The zero-order chi connectivity index (χ0) is 13.9. The van der Waals surface area contributed by atoms with Gasteiger partial charge in [0, 0.05) is 0 Å². The summed E-state index contributed by atoms with van der Waals surface area (Å²) in [6, 6.07) is 1.62. The van der Waals surface area contributed by atoms with Crippen LogP contribution in [-0.4, -0.2) is 25.3 Å². The minimum Gasteiger partial charge on any atom is -0.467 e. The number of carbonyl (C=O) groups excluding carboxylic acids is 1. The Kier molecular flexibility index (Phi) is 4.89. The van der Waals surface area contributed by atoms with Crippen molar-refractivity contribution in [1.82, 2.24) is 0 Å². The van der Waals surface area contributed by atoms with Crippen molar-refractivity contribution in [2.24, 2.45) is 0 Å². The van der Waals surface area contributed by atoms with Crippen LogP contribution in [-0.2, 0) is 9.53 Å². The highest BCUT2D eigenvalue weighted by Gasteiger charge is 2.26. The highest BCUT2D eigenvalue weighted by atomic mass is 79.9. The van der Waals surface area contributed by atoms with Gasteiger partial charge in [-0.3, -0.25) is 0 Å². The van der Waals surface area contributed by atoms with E-state index in [1.807, 2.05) is 0 Å². The van der Waals surface area contributed by atoms with Gasteiger partial charge in [0.2, 0.25) is 0 Å². The molecule has 1 rings (SSSR count). The highest BCUT2D eigenvalue weighted by molar-refractivity contribution is 9.10. The van der Waals surface area contributed by atoms with Gasteiger partial charge in [-0.2, -0.15) is 0 Å². The molecule has 0 amide bonds. The van der Waals surface area contributed by atoms with Crippen molar-refractivity contribution in [2.75, 3.05) is 18.2 Å².